The first-order chi connectivity index (χ1) is 9.15. The van der Waals surface area contributed by atoms with Crippen molar-refractivity contribution in [2.24, 2.45) is 0 Å². The molecule has 3 rings (SSSR count). The Bertz CT molecular complexity index is 622. The molecule has 0 spiro atoms. The van der Waals surface area contributed by atoms with Gasteiger partial charge in [-0.3, -0.25) is 4.98 Å². The number of anilines is 1. The van der Waals surface area contributed by atoms with E-state index >= 15 is 0 Å². The van der Waals surface area contributed by atoms with Crippen molar-refractivity contribution in [2.75, 3.05) is 26.0 Å². The number of aromatic nitrogens is 1. The number of nitrogens with zero attached hydrogens (tertiary/aromatic N) is 2. The van der Waals surface area contributed by atoms with Gasteiger partial charge in [-0.1, -0.05) is 0 Å². The van der Waals surface area contributed by atoms with Gasteiger partial charge in [0.1, 0.15) is 5.75 Å². The lowest BCUT2D eigenvalue weighted by atomic mass is 10.00. The molecule has 1 aliphatic heterocycles. The van der Waals surface area contributed by atoms with E-state index in [0.29, 0.717) is 5.75 Å². The average Bonchev–Trinajstić information content (AvgIpc) is 2.37. The molecule has 0 amide bonds. The molecule has 19 heavy (non-hydrogen) atoms. The van der Waals surface area contributed by atoms with Crippen LogP contribution in [-0.4, -0.2) is 35.6 Å². The zero-order valence-electron chi connectivity index (χ0n) is 11.4. The van der Waals surface area contributed by atoms with Gasteiger partial charge >= 0.3 is 0 Å². The summed E-state index contributed by atoms with van der Waals surface area (Å²) in [5.41, 5.74) is 4.21. The van der Waals surface area contributed by atoms with Crippen molar-refractivity contribution in [2.45, 2.75) is 19.4 Å². The third kappa shape index (κ3) is 2.24. The summed E-state index contributed by atoms with van der Waals surface area (Å²) in [7, 11) is 4.03. The molecule has 1 aromatic heterocycles. The summed E-state index contributed by atoms with van der Waals surface area (Å²) in [4.78, 5) is 6.59. The predicted molar refractivity (Wildman–Crippen MR) is 77.6 cm³/mol. The normalized spacial score (nSPS) is 14.5. The number of phenolic OH excluding ortho intramolecular Hbond substituents is 1. The van der Waals surface area contributed by atoms with E-state index in [1.54, 1.807) is 0 Å². The van der Waals surface area contributed by atoms with Crippen LogP contribution in [0.5, 0.6) is 5.75 Å². The summed E-state index contributed by atoms with van der Waals surface area (Å²) >= 11 is 0. The first kappa shape index (κ1) is 12.2. The maximum atomic E-state index is 10.3. The fourth-order valence-corrected chi connectivity index (χ4v) is 2.74. The van der Waals surface area contributed by atoms with Gasteiger partial charge in [-0.2, -0.15) is 0 Å². The summed E-state index contributed by atoms with van der Waals surface area (Å²) in [5, 5.41) is 14.6. The summed E-state index contributed by atoms with van der Waals surface area (Å²) in [6.45, 7) is 1.76. The van der Waals surface area contributed by atoms with E-state index in [4.69, 9.17) is 0 Å². The highest BCUT2D eigenvalue weighted by atomic mass is 16.3. The van der Waals surface area contributed by atoms with Crippen molar-refractivity contribution >= 4 is 16.6 Å². The number of pyridine rings is 1. The molecule has 0 fully saturated rings. The van der Waals surface area contributed by atoms with Crippen LogP contribution in [0.3, 0.4) is 0 Å². The number of rotatable bonds is 2. The van der Waals surface area contributed by atoms with E-state index in [1.165, 1.54) is 5.56 Å². The Kier molecular flexibility index (Phi) is 3.03. The van der Waals surface area contributed by atoms with E-state index in [1.807, 2.05) is 26.4 Å². The number of aryl methyl sites for hydroxylation is 1. The van der Waals surface area contributed by atoms with Crippen LogP contribution in [-0.2, 0) is 13.0 Å². The van der Waals surface area contributed by atoms with Gasteiger partial charge in [-0.15, -0.1) is 0 Å². The van der Waals surface area contributed by atoms with Gasteiger partial charge in [-0.25, -0.2) is 0 Å². The highest BCUT2D eigenvalue weighted by Gasteiger charge is 2.16. The van der Waals surface area contributed by atoms with Gasteiger partial charge in [0.15, 0.2) is 0 Å². The number of hydrogen-bond donors (Lipinski definition) is 2. The lowest BCUT2D eigenvalue weighted by Gasteiger charge is -2.20. The van der Waals surface area contributed by atoms with E-state index in [-0.39, 0.29) is 0 Å². The van der Waals surface area contributed by atoms with Crippen LogP contribution in [0.25, 0.3) is 10.9 Å². The highest BCUT2D eigenvalue weighted by molar-refractivity contribution is 5.98. The fraction of sp³-hybridized carbons (Fsp3) is 0.400. The molecule has 0 aliphatic carbocycles. The number of hydrogen-bond acceptors (Lipinski definition) is 4. The van der Waals surface area contributed by atoms with Crippen LogP contribution in [0.4, 0.5) is 5.69 Å². The minimum absolute atomic E-state index is 0.327. The van der Waals surface area contributed by atoms with E-state index in [9.17, 15) is 5.11 Å². The molecule has 0 saturated heterocycles. The number of aromatic hydroxyl groups is 1. The molecule has 100 valence electrons. The van der Waals surface area contributed by atoms with Crippen molar-refractivity contribution in [3.05, 3.63) is 29.5 Å². The predicted octanol–water partition coefficient (Wildman–Crippen LogP) is 2.36. The molecule has 2 N–H and O–H groups in total. The minimum Gasteiger partial charge on any atom is -0.507 e. The largest absolute Gasteiger partial charge is 0.507 e. The molecule has 0 radical (unpaired) electrons. The van der Waals surface area contributed by atoms with Gasteiger partial charge in [0.25, 0.3) is 0 Å². The summed E-state index contributed by atoms with van der Waals surface area (Å²) < 4.78 is 0. The fourth-order valence-electron chi connectivity index (χ4n) is 2.74. The van der Waals surface area contributed by atoms with Crippen LogP contribution in [0.2, 0.25) is 0 Å². The highest BCUT2D eigenvalue weighted by Crippen LogP contribution is 2.36. The van der Waals surface area contributed by atoms with Gasteiger partial charge in [0.2, 0.25) is 0 Å². The third-order valence-electron chi connectivity index (χ3n) is 3.51. The maximum absolute atomic E-state index is 10.3. The van der Waals surface area contributed by atoms with E-state index < -0.39 is 0 Å². The SMILES string of the molecule is CN(C)Cc1cc(O)c2c3c(cnc2c1)CCCN3. The lowest BCUT2D eigenvalue weighted by molar-refractivity contribution is 0.401. The Hall–Kier alpha value is -1.81. The van der Waals surface area contributed by atoms with Crippen molar-refractivity contribution in [3.63, 3.8) is 0 Å². The van der Waals surface area contributed by atoms with E-state index in [2.05, 4.69) is 21.3 Å². The Morgan fingerprint density at radius 2 is 2.21 bits per heavy atom. The molecular weight excluding hydrogens is 238 g/mol. The second kappa shape index (κ2) is 4.70. The Morgan fingerprint density at radius 3 is 3.00 bits per heavy atom. The molecule has 1 aliphatic rings. The monoisotopic (exact) mass is 257 g/mol. The summed E-state index contributed by atoms with van der Waals surface area (Å²) in [5.74, 6) is 0.327. The molecule has 1 aromatic carbocycles. The second-order valence-electron chi connectivity index (χ2n) is 5.44. The number of fused-ring (bicyclic) bond motifs is 3. The van der Waals surface area contributed by atoms with Crippen LogP contribution >= 0.6 is 0 Å². The molecule has 4 heteroatoms. The standard InChI is InChI=1S/C15H19N3O/c1-18(2)9-10-6-12-14(13(19)7-10)15-11(8-17-12)4-3-5-16-15/h6-8,16,19H,3-5,9H2,1-2H3. The second-order valence-corrected chi connectivity index (χ2v) is 5.44. The van der Waals surface area contributed by atoms with Crippen molar-refractivity contribution in [1.29, 1.82) is 0 Å². The van der Waals surface area contributed by atoms with Crippen LogP contribution in [0, 0.1) is 0 Å². The van der Waals surface area contributed by atoms with Gasteiger partial charge in [-0.05, 0) is 50.2 Å². The van der Waals surface area contributed by atoms with Crippen LogP contribution in [0.1, 0.15) is 17.5 Å². The topological polar surface area (TPSA) is 48.4 Å². The Labute approximate surface area is 113 Å². The molecule has 0 unspecified atom stereocenters. The quantitative estimate of drug-likeness (QED) is 0.867. The molecule has 2 heterocycles. The smallest absolute Gasteiger partial charge is 0.127 e. The molecule has 0 saturated carbocycles. The number of phenols is 1. The third-order valence-corrected chi connectivity index (χ3v) is 3.51. The number of nitrogens with one attached hydrogen (secondary N) is 1. The minimum atomic E-state index is 0.327. The van der Waals surface area contributed by atoms with E-state index in [0.717, 1.165) is 48.1 Å². The van der Waals surface area contributed by atoms with Gasteiger partial charge in [0.05, 0.1) is 16.6 Å². The lowest BCUT2D eigenvalue weighted by Crippen LogP contribution is -2.13. The van der Waals surface area contributed by atoms with Gasteiger partial charge < -0.3 is 15.3 Å². The molecule has 0 bridgehead atoms. The molecule has 4 nitrogen and oxygen atoms in total. The molecule has 2 aromatic rings. The number of benzene rings is 1. The van der Waals surface area contributed by atoms with Crippen molar-refractivity contribution in [1.82, 2.24) is 9.88 Å². The zero-order valence-corrected chi connectivity index (χ0v) is 11.4. The molecule has 0 atom stereocenters. The van der Waals surface area contributed by atoms with Crippen molar-refractivity contribution < 1.29 is 5.11 Å². The van der Waals surface area contributed by atoms with Crippen molar-refractivity contribution in [3.8, 4) is 5.75 Å². The summed E-state index contributed by atoms with van der Waals surface area (Å²) in [6, 6.07) is 3.91. The zero-order chi connectivity index (χ0) is 13.4. The average molecular weight is 257 g/mol. The van der Waals surface area contributed by atoms with Gasteiger partial charge in [0, 0.05) is 19.3 Å². The van der Waals surface area contributed by atoms with Crippen LogP contribution in [0.15, 0.2) is 18.3 Å². The summed E-state index contributed by atoms with van der Waals surface area (Å²) in [6.07, 6.45) is 4.09. The maximum Gasteiger partial charge on any atom is 0.127 e. The Balaban J connectivity index is 2.17. The molecular formula is C15H19N3O. The first-order valence-electron chi connectivity index (χ1n) is 6.67. The Morgan fingerprint density at radius 1 is 1.37 bits per heavy atom. The first-order valence-corrected chi connectivity index (χ1v) is 6.67. The van der Waals surface area contributed by atoms with Crippen LogP contribution < -0.4 is 5.32 Å².